The van der Waals surface area contributed by atoms with E-state index in [1.54, 1.807) is 36.5 Å². The van der Waals surface area contributed by atoms with Crippen LogP contribution in [0.1, 0.15) is 11.4 Å². The normalized spacial score (nSPS) is 11.0. The van der Waals surface area contributed by atoms with Gasteiger partial charge in [0, 0.05) is 29.9 Å². The second-order valence-corrected chi connectivity index (χ2v) is 6.14. The van der Waals surface area contributed by atoms with Crippen LogP contribution in [0, 0.1) is 11.6 Å². The van der Waals surface area contributed by atoms with Crippen molar-refractivity contribution in [1.29, 1.82) is 0 Å². The van der Waals surface area contributed by atoms with Crippen LogP contribution in [0.5, 0.6) is 0 Å². The Kier molecular flexibility index (Phi) is 4.12. The van der Waals surface area contributed by atoms with Crippen LogP contribution in [-0.2, 0) is 6.42 Å². The Balaban J connectivity index is 1.64. The quantitative estimate of drug-likeness (QED) is 0.546. The van der Waals surface area contributed by atoms with E-state index < -0.39 is 11.6 Å². The molecule has 2 aromatic carbocycles. The lowest BCUT2D eigenvalue weighted by atomic mass is 10.1. The second kappa shape index (κ2) is 6.60. The number of nitrogen functional groups attached to an aromatic ring is 1. The van der Waals surface area contributed by atoms with Crippen LogP contribution in [0.15, 0.2) is 59.5 Å². The molecule has 0 aliphatic carbocycles. The first-order chi connectivity index (χ1) is 13.0. The van der Waals surface area contributed by atoms with E-state index in [4.69, 9.17) is 5.73 Å². The van der Waals surface area contributed by atoms with Crippen molar-refractivity contribution in [3.05, 3.63) is 88.1 Å². The zero-order valence-electron chi connectivity index (χ0n) is 14.0. The van der Waals surface area contributed by atoms with E-state index in [2.05, 4.69) is 15.0 Å². The molecule has 2 heterocycles. The van der Waals surface area contributed by atoms with Gasteiger partial charge in [-0.25, -0.2) is 13.8 Å². The Bertz CT molecular complexity index is 1180. The minimum Gasteiger partial charge on any atom is -0.398 e. The molecule has 4 rings (SSSR count). The summed E-state index contributed by atoms with van der Waals surface area (Å²) in [7, 11) is 0. The van der Waals surface area contributed by atoms with Gasteiger partial charge in [0.15, 0.2) is 0 Å². The van der Waals surface area contributed by atoms with Gasteiger partial charge >= 0.3 is 0 Å². The number of nitrogens with zero attached hydrogens (tertiary/aromatic N) is 2. The van der Waals surface area contributed by atoms with Gasteiger partial charge in [-0.1, -0.05) is 12.1 Å². The molecule has 0 aliphatic heterocycles. The van der Waals surface area contributed by atoms with Crippen molar-refractivity contribution in [3.8, 4) is 11.3 Å². The molecule has 134 valence electrons. The van der Waals surface area contributed by atoms with Crippen LogP contribution in [0.2, 0.25) is 0 Å². The Labute approximate surface area is 152 Å². The van der Waals surface area contributed by atoms with Crippen molar-refractivity contribution in [3.63, 3.8) is 0 Å². The number of nitrogens with one attached hydrogen (secondary N) is 1. The number of hydrogen-bond acceptors (Lipinski definition) is 4. The molecule has 0 aliphatic rings. The van der Waals surface area contributed by atoms with Crippen molar-refractivity contribution in [1.82, 2.24) is 15.0 Å². The van der Waals surface area contributed by atoms with Crippen LogP contribution >= 0.6 is 0 Å². The second-order valence-electron chi connectivity index (χ2n) is 6.14. The molecule has 0 spiro atoms. The molecule has 7 heteroatoms. The molecule has 0 atom stereocenters. The molecule has 0 saturated carbocycles. The molecule has 3 N–H and O–H groups in total. The first kappa shape index (κ1) is 16.8. The van der Waals surface area contributed by atoms with Crippen LogP contribution < -0.4 is 11.3 Å². The predicted octanol–water partition coefficient (Wildman–Crippen LogP) is 3.44. The number of hydrogen-bond donors (Lipinski definition) is 2. The minimum atomic E-state index is -0.659. The molecule has 0 bridgehead atoms. The number of H-pyrrole nitrogens is 1. The Morgan fingerprint density at radius 3 is 2.52 bits per heavy atom. The number of pyridine rings is 1. The Morgan fingerprint density at radius 1 is 1.04 bits per heavy atom. The van der Waals surface area contributed by atoms with E-state index in [1.807, 2.05) is 0 Å². The molecular weight excluding hydrogens is 350 g/mol. The molecule has 0 amide bonds. The van der Waals surface area contributed by atoms with Crippen molar-refractivity contribution in [2.45, 2.75) is 6.42 Å². The van der Waals surface area contributed by atoms with E-state index in [-0.39, 0.29) is 5.56 Å². The Morgan fingerprint density at radius 2 is 1.81 bits per heavy atom. The molecule has 0 fully saturated rings. The Hall–Kier alpha value is -3.61. The molecule has 0 unspecified atom stereocenters. The summed E-state index contributed by atoms with van der Waals surface area (Å²) in [5.74, 6) is -0.842. The first-order valence-corrected chi connectivity index (χ1v) is 8.18. The van der Waals surface area contributed by atoms with Gasteiger partial charge in [-0.3, -0.25) is 9.78 Å². The van der Waals surface area contributed by atoms with Gasteiger partial charge in [-0.2, -0.15) is 0 Å². The zero-order chi connectivity index (χ0) is 19.0. The maximum absolute atomic E-state index is 13.4. The minimum absolute atomic E-state index is 0.298. The third kappa shape index (κ3) is 3.39. The summed E-state index contributed by atoms with van der Waals surface area (Å²) in [6.45, 7) is 0. The van der Waals surface area contributed by atoms with Gasteiger partial charge in [0.25, 0.3) is 5.56 Å². The molecule has 0 radical (unpaired) electrons. The monoisotopic (exact) mass is 364 g/mol. The summed E-state index contributed by atoms with van der Waals surface area (Å²) >= 11 is 0. The number of anilines is 1. The first-order valence-electron chi connectivity index (χ1n) is 8.18. The summed E-state index contributed by atoms with van der Waals surface area (Å²) in [5.41, 5.74) is 8.03. The van der Waals surface area contributed by atoms with Crippen LogP contribution in [0.25, 0.3) is 22.2 Å². The highest BCUT2D eigenvalue weighted by atomic mass is 19.1. The van der Waals surface area contributed by atoms with Gasteiger partial charge in [0.2, 0.25) is 0 Å². The number of benzene rings is 2. The third-order valence-electron chi connectivity index (χ3n) is 4.17. The van der Waals surface area contributed by atoms with Gasteiger partial charge in [0.05, 0.1) is 16.6 Å². The predicted molar refractivity (Wildman–Crippen MR) is 99.2 cm³/mol. The number of halogens is 2. The molecular formula is C20H14F2N4O. The van der Waals surface area contributed by atoms with E-state index in [1.165, 1.54) is 12.1 Å². The van der Waals surface area contributed by atoms with Crippen molar-refractivity contribution < 1.29 is 8.78 Å². The fourth-order valence-electron chi connectivity index (χ4n) is 2.94. The maximum atomic E-state index is 13.4. The molecule has 27 heavy (non-hydrogen) atoms. The highest BCUT2D eigenvalue weighted by molar-refractivity contribution is 5.89. The lowest BCUT2D eigenvalue weighted by Crippen LogP contribution is -2.13. The topological polar surface area (TPSA) is 84.7 Å². The lowest BCUT2D eigenvalue weighted by molar-refractivity contribution is 0.584. The molecule has 5 nitrogen and oxygen atoms in total. The van der Waals surface area contributed by atoms with E-state index in [9.17, 15) is 13.6 Å². The van der Waals surface area contributed by atoms with E-state index >= 15 is 0 Å². The van der Waals surface area contributed by atoms with Crippen molar-refractivity contribution in [2.24, 2.45) is 0 Å². The van der Waals surface area contributed by atoms with E-state index in [0.29, 0.717) is 40.1 Å². The summed E-state index contributed by atoms with van der Waals surface area (Å²) in [6, 6.07) is 11.8. The number of nitrogens with two attached hydrogens (primary N) is 1. The van der Waals surface area contributed by atoms with Crippen LogP contribution in [0.3, 0.4) is 0 Å². The average Bonchev–Trinajstić information content (AvgIpc) is 2.61. The summed E-state index contributed by atoms with van der Waals surface area (Å²) in [5, 5.41) is 0.364. The molecule has 2 aromatic heterocycles. The largest absolute Gasteiger partial charge is 0.398 e. The lowest BCUT2D eigenvalue weighted by Gasteiger charge is -2.06. The zero-order valence-corrected chi connectivity index (χ0v) is 14.0. The average molecular weight is 364 g/mol. The maximum Gasteiger partial charge on any atom is 0.260 e. The standard InChI is InChI=1S/C20H14F2N4O/c21-13-7-12(8-14(22)9-13)16-5-4-11(10-24-16)6-18-25-17-3-1-2-15(23)19(17)20(27)26-18/h1-5,7-10H,6,23H2,(H,25,26,27). The van der Waals surface area contributed by atoms with Gasteiger partial charge in [-0.15, -0.1) is 0 Å². The molecule has 4 aromatic rings. The third-order valence-corrected chi connectivity index (χ3v) is 4.17. The smallest absolute Gasteiger partial charge is 0.260 e. The highest BCUT2D eigenvalue weighted by Gasteiger charge is 2.09. The fraction of sp³-hybridized carbons (Fsp3) is 0.0500. The molecule has 0 saturated heterocycles. The van der Waals surface area contributed by atoms with Crippen molar-refractivity contribution >= 4 is 16.6 Å². The number of rotatable bonds is 3. The van der Waals surface area contributed by atoms with Gasteiger partial charge in [-0.05, 0) is 35.9 Å². The van der Waals surface area contributed by atoms with Crippen LogP contribution in [0.4, 0.5) is 14.5 Å². The summed E-state index contributed by atoms with van der Waals surface area (Å²) in [6.07, 6.45) is 1.94. The van der Waals surface area contributed by atoms with Gasteiger partial charge < -0.3 is 10.7 Å². The van der Waals surface area contributed by atoms with Crippen LogP contribution in [-0.4, -0.2) is 15.0 Å². The number of aromatic nitrogens is 3. The summed E-state index contributed by atoms with van der Waals surface area (Å²) in [4.78, 5) is 23.7. The van der Waals surface area contributed by atoms with E-state index in [0.717, 1.165) is 11.6 Å². The SMILES string of the molecule is Nc1cccc2nc(Cc3ccc(-c4cc(F)cc(F)c4)nc3)[nH]c(=O)c12. The number of fused-ring (bicyclic) bond motifs is 1. The highest BCUT2D eigenvalue weighted by Crippen LogP contribution is 2.20. The number of aromatic amines is 1. The van der Waals surface area contributed by atoms with Gasteiger partial charge in [0.1, 0.15) is 17.5 Å². The summed E-state index contributed by atoms with van der Waals surface area (Å²) < 4.78 is 26.7. The van der Waals surface area contributed by atoms with Crippen molar-refractivity contribution in [2.75, 3.05) is 5.73 Å². The fourth-order valence-corrected chi connectivity index (χ4v) is 2.94.